The Kier molecular flexibility index (Phi) is 4.42. The van der Waals surface area contributed by atoms with Crippen LogP contribution in [-0.2, 0) is 22.7 Å². The number of urea groups is 1. The first-order valence-electron chi connectivity index (χ1n) is 6.54. The van der Waals surface area contributed by atoms with Crippen LogP contribution in [0.15, 0.2) is 24.3 Å². The molecule has 1 aromatic rings. The topological polar surface area (TPSA) is 107 Å². The number of carboxylic acid groups (broad SMARTS) is 2. The molecule has 0 unspecified atom stereocenters. The fraction of sp³-hybridized carbons (Fsp3) is 0.357. The van der Waals surface area contributed by atoms with Gasteiger partial charge in [0.1, 0.15) is 6.04 Å². The molecule has 1 aliphatic heterocycles. The summed E-state index contributed by atoms with van der Waals surface area (Å²) < 4.78 is 0. The summed E-state index contributed by atoms with van der Waals surface area (Å²) in [5, 5.41) is 20.0. The van der Waals surface area contributed by atoms with Gasteiger partial charge in [-0.2, -0.15) is 0 Å². The third-order valence-corrected chi connectivity index (χ3v) is 3.37. The Morgan fingerprint density at radius 2 is 1.71 bits per heavy atom. The molecule has 0 aromatic heterocycles. The van der Waals surface area contributed by atoms with Gasteiger partial charge in [-0.1, -0.05) is 24.3 Å². The van der Waals surface area contributed by atoms with E-state index >= 15 is 0 Å². The monoisotopic (exact) mass is 292 g/mol. The molecule has 2 rings (SSSR count). The van der Waals surface area contributed by atoms with Crippen molar-refractivity contribution in [2.45, 2.75) is 32.0 Å². The minimum absolute atomic E-state index is 0.142. The fourth-order valence-corrected chi connectivity index (χ4v) is 2.24. The smallest absolute Gasteiger partial charge is 0.326 e. The Balaban J connectivity index is 1.94. The van der Waals surface area contributed by atoms with Crippen LogP contribution >= 0.6 is 0 Å². The summed E-state index contributed by atoms with van der Waals surface area (Å²) in [6, 6.07) is 5.91. The normalized spacial score (nSPS) is 14.4. The first-order valence-corrected chi connectivity index (χ1v) is 6.54. The minimum atomic E-state index is -1.23. The largest absolute Gasteiger partial charge is 0.481 e. The lowest BCUT2D eigenvalue weighted by atomic mass is 10.1. The molecule has 7 nitrogen and oxygen atoms in total. The van der Waals surface area contributed by atoms with Gasteiger partial charge in [-0.05, 0) is 17.5 Å². The van der Waals surface area contributed by atoms with Crippen molar-refractivity contribution < 1.29 is 24.6 Å². The van der Waals surface area contributed by atoms with Gasteiger partial charge in [-0.25, -0.2) is 9.59 Å². The number of carbonyl (C=O) groups excluding carboxylic acids is 1. The number of benzene rings is 1. The van der Waals surface area contributed by atoms with Crippen molar-refractivity contribution in [1.29, 1.82) is 0 Å². The number of nitrogens with zero attached hydrogens (tertiary/aromatic N) is 1. The van der Waals surface area contributed by atoms with Crippen LogP contribution in [0.25, 0.3) is 0 Å². The van der Waals surface area contributed by atoms with Gasteiger partial charge in [0.2, 0.25) is 0 Å². The highest BCUT2D eigenvalue weighted by molar-refractivity contribution is 5.83. The van der Waals surface area contributed by atoms with Crippen LogP contribution in [0.5, 0.6) is 0 Å². The van der Waals surface area contributed by atoms with E-state index in [1.54, 1.807) is 0 Å². The number of hydrogen-bond donors (Lipinski definition) is 3. The van der Waals surface area contributed by atoms with E-state index in [9.17, 15) is 14.4 Å². The average Bonchev–Trinajstić information content (AvgIpc) is 2.86. The molecule has 1 aliphatic rings. The third kappa shape index (κ3) is 3.71. The lowest BCUT2D eigenvalue weighted by Gasteiger charge is -2.20. The van der Waals surface area contributed by atoms with E-state index in [4.69, 9.17) is 10.2 Å². The van der Waals surface area contributed by atoms with Crippen LogP contribution in [0.1, 0.15) is 24.0 Å². The van der Waals surface area contributed by atoms with E-state index in [0.29, 0.717) is 13.1 Å². The first kappa shape index (κ1) is 14.8. The number of carboxylic acids is 2. The van der Waals surface area contributed by atoms with Gasteiger partial charge in [0.25, 0.3) is 0 Å². The Labute approximate surface area is 121 Å². The quantitative estimate of drug-likeness (QED) is 0.751. The predicted octanol–water partition coefficient (Wildman–Crippen LogP) is 1.03. The van der Waals surface area contributed by atoms with E-state index < -0.39 is 24.0 Å². The molecule has 112 valence electrons. The molecule has 0 radical (unpaired) electrons. The molecule has 0 saturated heterocycles. The predicted molar refractivity (Wildman–Crippen MR) is 72.5 cm³/mol. The summed E-state index contributed by atoms with van der Waals surface area (Å²) >= 11 is 0. The summed E-state index contributed by atoms with van der Waals surface area (Å²) in [6.45, 7) is 0.848. The van der Waals surface area contributed by atoms with Crippen LogP contribution < -0.4 is 5.32 Å². The van der Waals surface area contributed by atoms with Gasteiger partial charge in [-0.3, -0.25) is 4.79 Å². The van der Waals surface area contributed by atoms with Crippen LogP contribution in [0.2, 0.25) is 0 Å². The molecule has 1 atom stereocenters. The minimum Gasteiger partial charge on any atom is -0.481 e. The lowest BCUT2D eigenvalue weighted by molar-refractivity contribution is -0.140. The second kappa shape index (κ2) is 6.25. The van der Waals surface area contributed by atoms with Crippen molar-refractivity contribution in [2.24, 2.45) is 0 Å². The Bertz CT molecular complexity index is 547. The molecule has 0 bridgehead atoms. The summed E-state index contributed by atoms with van der Waals surface area (Å²) in [5.74, 6) is -2.33. The zero-order valence-electron chi connectivity index (χ0n) is 11.3. The van der Waals surface area contributed by atoms with E-state index in [-0.39, 0.29) is 12.8 Å². The van der Waals surface area contributed by atoms with E-state index in [0.717, 1.165) is 11.1 Å². The third-order valence-electron chi connectivity index (χ3n) is 3.37. The number of fused-ring (bicyclic) bond motifs is 1. The highest BCUT2D eigenvalue weighted by Crippen LogP contribution is 2.22. The summed E-state index contributed by atoms with van der Waals surface area (Å²) in [5.41, 5.74) is 2.06. The lowest BCUT2D eigenvalue weighted by Crippen LogP contribution is -2.46. The summed E-state index contributed by atoms with van der Waals surface area (Å²) in [6.07, 6.45) is -0.450. The Hall–Kier alpha value is -2.57. The van der Waals surface area contributed by atoms with Crippen molar-refractivity contribution in [1.82, 2.24) is 10.2 Å². The van der Waals surface area contributed by atoms with Crippen LogP contribution in [-0.4, -0.2) is 39.1 Å². The van der Waals surface area contributed by atoms with Crippen molar-refractivity contribution in [2.75, 3.05) is 0 Å². The summed E-state index contributed by atoms with van der Waals surface area (Å²) in [4.78, 5) is 35.1. The molecule has 7 heteroatoms. The van der Waals surface area contributed by atoms with Crippen molar-refractivity contribution in [3.63, 3.8) is 0 Å². The van der Waals surface area contributed by atoms with Gasteiger partial charge in [0, 0.05) is 19.5 Å². The molecule has 1 heterocycles. The molecule has 0 aliphatic carbocycles. The van der Waals surface area contributed by atoms with Crippen LogP contribution in [0.4, 0.5) is 4.79 Å². The van der Waals surface area contributed by atoms with E-state index in [1.165, 1.54) is 4.90 Å². The highest BCUT2D eigenvalue weighted by Gasteiger charge is 2.27. The number of rotatable bonds is 5. The molecule has 3 N–H and O–H groups in total. The SMILES string of the molecule is O=C(O)CC[C@H](NC(=O)N1Cc2ccccc2C1)C(=O)O. The second-order valence-corrected chi connectivity index (χ2v) is 4.90. The molecular formula is C14H16N2O5. The van der Waals surface area contributed by atoms with Gasteiger partial charge >= 0.3 is 18.0 Å². The Morgan fingerprint density at radius 1 is 1.14 bits per heavy atom. The van der Waals surface area contributed by atoms with E-state index in [1.807, 2.05) is 24.3 Å². The van der Waals surface area contributed by atoms with Crippen LogP contribution in [0, 0.1) is 0 Å². The molecule has 21 heavy (non-hydrogen) atoms. The van der Waals surface area contributed by atoms with Gasteiger partial charge < -0.3 is 20.4 Å². The average molecular weight is 292 g/mol. The number of hydrogen-bond acceptors (Lipinski definition) is 3. The van der Waals surface area contributed by atoms with E-state index in [2.05, 4.69) is 5.32 Å². The number of aliphatic carboxylic acids is 2. The summed E-state index contributed by atoms with van der Waals surface area (Å²) in [7, 11) is 0. The maximum Gasteiger partial charge on any atom is 0.326 e. The van der Waals surface area contributed by atoms with Gasteiger partial charge in [0.15, 0.2) is 0 Å². The first-order chi connectivity index (χ1) is 9.97. The molecular weight excluding hydrogens is 276 g/mol. The number of amides is 2. The standard InChI is InChI=1S/C14H16N2O5/c17-12(18)6-5-11(13(19)20)15-14(21)16-7-9-3-1-2-4-10(9)8-16/h1-4,11H,5-8H2,(H,15,21)(H,17,18)(H,19,20)/t11-/m0/s1. The number of nitrogens with one attached hydrogen (secondary N) is 1. The second-order valence-electron chi connectivity index (χ2n) is 4.90. The molecule has 1 aromatic carbocycles. The zero-order valence-corrected chi connectivity index (χ0v) is 11.3. The van der Waals surface area contributed by atoms with Crippen molar-refractivity contribution >= 4 is 18.0 Å². The van der Waals surface area contributed by atoms with Crippen LogP contribution in [0.3, 0.4) is 0 Å². The number of carbonyl (C=O) groups is 3. The fourth-order valence-electron chi connectivity index (χ4n) is 2.24. The van der Waals surface area contributed by atoms with Gasteiger partial charge in [0.05, 0.1) is 0 Å². The molecule has 0 spiro atoms. The van der Waals surface area contributed by atoms with Gasteiger partial charge in [-0.15, -0.1) is 0 Å². The van der Waals surface area contributed by atoms with Crippen molar-refractivity contribution in [3.05, 3.63) is 35.4 Å². The molecule has 2 amide bonds. The molecule has 0 fully saturated rings. The Morgan fingerprint density at radius 3 is 2.19 bits per heavy atom. The zero-order chi connectivity index (χ0) is 15.4. The maximum atomic E-state index is 12.1. The maximum absolute atomic E-state index is 12.1. The highest BCUT2D eigenvalue weighted by atomic mass is 16.4. The molecule has 0 saturated carbocycles. The van der Waals surface area contributed by atoms with Crippen molar-refractivity contribution in [3.8, 4) is 0 Å².